The SMILES string of the molecule is CC1C(N)CCN(c2ccc(Br)cc2OC(F)(F)F)C1C. The summed E-state index contributed by atoms with van der Waals surface area (Å²) < 4.78 is 42.5. The third-order valence-electron chi connectivity index (χ3n) is 4.09. The number of hydrogen-bond donors (Lipinski definition) is 1. The number of halogens is 4. The summed E-state index contributed by atoms with van der Waals surface area (Å²) in [5, 5.41) is 0. The highest BCUT2D eigenvalue weighted by atomic mass is 79.9. The number of nitrogens with two attached hydrogens (primary N) is 1. The Labute approximate surface area is 130 Å². The minimum absolute atomic E-state index is 0.0468. The maximum absolute atomic E-state index is 12.6. The highest BCUT2D eigenvalue weighted by Crippen LogP contribution is 2.38. The Hall–Kier alpha value is -0.950. The summed E-state index contributed by atoms with van der Waals surface area (Å²) in [6.45, 7) is 4.61. The van der Waals surface area contributed by atoms with E-state index in [1.807, 2.05) is 18.7 Å². The number of ether oxygens (including phenoxy) is 1. The van der Waals surface area contributed by atoms with E-state index in [1.54, 1.807) is 12.1 Å². The average Bonchev–Trinajstić information content (AvgIpc) is 2.36. The first kappa shape index (κ1) is 16.4. The Kier molecular flexibility index (Phi) is 4.72. The van der Waals surface area contributed by atoms with Gasteiger partial charge in [-0.1, -0.05) is 22.9 Å². The first-order chi connectivity index (χ1) is 9.69. The number of anilines is 1. The van der Waals surface area contributed by atoms with Crippen molar-refractivity contribution in [3.63, 3.8) is 0 Å². The summed E-state index contributed by atoms with van der Waals surface area (Å²) in [7, 11) is 0. The Morgan fingerprint density at radius 2 is 2.00 bits per heavy atom. The largest absolute Gasteiger partial charge is 0.573 e. The number of rotatable bonds is 2. The lowest BCUT2D eigenvalue weighted by Crippen LogP contribution is -2.52. The van der Waals surface area contributed by atoms with Crippen LogP contribution >= 0.6 is 15.9 Å². The Morgan fingerprint density at radius 3 is 2.62 bits per heavy atom. The smallest absolute Gasteiger partial charge is 0.404 e. The molecule has 1 aliphatic heterocycles. The minimum Gasteiger partial charge on any atom is -0.404 e. The van der Waals surface area contributed by atoms with Gasteiger partial charge in [-0.25, -0.2) is 0 Å². The van der Waals surface area contributed by atoms with Gasteiger partial charge >= 0.3 is 6.36 Å². The van der Waals surface area contributed by atoms with Crippen molar-refractivity contribution in [3.8, 4) is 5.75 Å². The van der Waals surface area contributed by atoms with E-state index in [-0.39, 0.29) is 23.8 Å². The molecule has 0 amide bonds. The molecule has 3 atom stereocenters. The molecule has 1 saturated heterocycles. The van der Waals surface area contributed by atoms with Crippen LogP contribution in [-0.2, 0) is 0 Å². The molecule has 21 heavy (non-hydrogen) atoms. The fourth-order valence-electron chi connectivity index (χ4n) is 2.67. The summed E-state index contributed by atoms with van der Waals surface area (Å²) in [4.78, 5) is 1.93. The molecule has 0 aliphatic carbocycles. The predicted molar refractivity (Wildman–Crippen MR) is 79.4 cm³/mol. The lowest BCUT2D eigenvalue weighted by atomic mass is 9.87. The summed E-state index contributed by atoms with van der Waals surface area (Å²) >= 11 is 3.18. The van der Waals surface area contributed by atoms with Gasteiger partial charge in [-0.15, -0.1) is 13.2 Å². The second kappa shape index (κ2) is 6.04. The van der Waals surface area contributed by atoms with Gasteiger partial charge in [-0.3, -0.25) is 0 Å². The van der Waals surface area contributed by atoms with Crippen molar-refractivity contribution in [1.82, 2.24) is 0 Å². The topological polar surface area (TPSA) is 38.5 Å². The second-order valence-corrected chi connectivity index (χ2v) is 6.32. The van der Waals surface area contributed by atoms with Crippen molar-refractivity contribution in [2.75, 3.05) is 11.4 Å². The van der Waals surface area contributed by atoms with E-state index < -0.39 is 6.36 Å². The van der Waals surface area contributed by atoms with Crippen molar-refractivity contribution < 1.29 is 17.9 Å². The molecule has 0 bridgehead atoms. The van der Waals surface area contributed by atoms with Crippen LogP contribution in [0.1, 0.15) is 20.3 Å². The molecule has 1 heterocycles. The molecule has 1 aromatic carbocycles. The standard InChI is InChI=1S/C14H18BrF3N2O/c1-8-9(2)20(6-5-11(8)19)12-4-3-10(15)7-13(12)21-14(16,17)18/h3-4,7-9,11H,5-6,19H2,1-2H3. The van der Waals surface area contributed by atoms with Crippen LogP contribution in [0.15, 0.2) is 22.7 Å². The number of alkyl halides is 3. The highest BCUT2D eigenvalue weighted by Gasteiger charge is 2.36. The number of nitrogens with zero attached hydrogens (tertiary/aromatic N) is 1. The molecule has 118 valence electrons. The monoisotopic (exact) mass is 366 g/mol. The zero-order valence-corrected chi connectivity index (χ0v) is 13.4. The Bertz CT molecular complexity index is 509. The predicted octanol–water partition coefficient (Wildman–Crippen LogP) is 3.91. The van der Waals surface area contributed by atoms with E-state index in [4.69, 9.17) is 5.73 Å². The van der Waals surface area contributed by atoms with Gasteiger partial charge in [0.2, 0.25) is 0 Å². The molecule has 0 aromatic heterocycles. The normalized spacial score (nSPS) is 26.8. The molecule has 0 saturated carbocycles. The van der Waals surface area contributed by atoms with Gasteiger partial charge in [-0.05, 0) is 37.5 Å². The molecular formula is C14H18BrF3N2O. The Balaban J connectivity index is 2.34. The zero-order chi connectivity index (χ0) is 15.8. The number of piperidine rings is 1. The van der Waals surface area contributed by atoms with Crippen molar-refractivity contribution in [1.29, 1.82) is 0 Å². The van der Waals surface area contributed by atoms with Gasteiger partial charge in [0, 0.05) is 23.1 Å². The first-order valence-corrected chi connectivity index (χ1v) is 7.56. The molecule has 2 N–H and O–H groups in total. The molecular weight excluding hydrogens is 349 g/mol. The molecule has 2 rings (SSSR count). The highest BCUT2D eigenvalue weighted by molar-refractivity contribution is 9.10. The van der Waals surface area contributed by atoms with E-state index in [9.17, 15) is 13.2 Å². The van der Waals surface area contributed by atoms with E-state index in [1.165, 1.54) is 6.07 Å². The van der Waals surface area contributed by atoms with Gasteiger partial charge in [0.05, 0.1) is 5.69 Å². The zero-order valence-electron chi connectivity index (χ0n) is 11.8. The van der Waals surface area contributed by atoms with Crippen LogP contribution in [0, 0.1) is 5.92 Å². The molecule has 7 heteroatoms. The molecule has 1 fully saturated rings. The quantitative estimate of drug-likeness (QED) is 0.862. The van der Waals surface area contributed by atoms with Crippen LogP contribution in [-0.4, -0.2) is 25.0 Å². The summed E-state index contributed by atoms with van der Waals surface area (Å²) in [5.41, 5.74) is 6.47. The lowest BCUT2D eigenvalue weighted by Gasteiger charge is -2.43. The third kappa shape index (κ3) is 3.83. The van der Waals surface area contributed by atoms with Crippen LogP contribution in [0.25, 0.3) is 0 Å². The molecule has 3 nitrogen and oxygen atoms in total. The maximum Gasteiger partial charge on any atom is 0.573 e. The fourth-order valence-corrected chi connectivity index (χ4v) is 3.01. The minimum atomic E-state index is -4.71. The summed E-state index contributed by atoms with van der Waals surface area (Å²) in [6, 6.07) is 4.81. The maximum atomic E-state index is 12.6. The Morgan fingerprint density at radius 1 is 1.33 bits per heavy atom. The molecule has 1 aliphatic rings. The van der Waals surface area contributed by atoms with E-state index >= 15 is 0 Å². The van der Waals surface area contributed by atoms with E-state index in [2.05, 4.69) is 20.7 Å². The van der Waals surface area contributed by atoms with Gasteiger partial charge in [0.1, 0.15) is 0 Å². The van der Waals surface area contributed by atoms with E-state index in [0.717, 1.165) is 6.42 Å². The van der Waals surface area contributed by atoms with Crippen LogP contribution in [0.5, 0.6) is 5.75 Å². The van der Waals surface area contributed by atoms with Gasteiger partial charge in [0.15, 0.2) is 5.75 Å². The molecule has 1 aromatic rings. The molecule has 3 unspecified atom stereocenters. The van der Waals surface area contributed by atoms with Gasteiger partial charge < -0.3 is 15.4 Å². The molecule has 0 radical (unpaired) electrons. The van der Waals surface area contributed by atoms with Gasteiger partial charge in [-0.2, -0.15) is 0 Å². The van der Waals surface area contributed by atoms with Crippen molar-refractivity contribution in [2.45, 2.75) is 38.7 Å². The van der Waals surface area contributed by atoms with E-state index in [0.29, 0.717) is 16.7 Å². The second-order valence-electron chi connectivity index (χ2n) is 5.41. The first-order valence-electron chi connectivity index (χ1n) is 6.76. The third-order valence-corrected chi connectivity index (χ3v) is 4.58. The summed E-state index contributed by atoms with van der Waals surface area (Å²) in [5.74, 6) is 0.00697. The lowest BCUT2D eigenvalue weighted by molar-refractivity contribution is -0.274. The summed E-state index contributed by atoms with van der Waals surface area (Å²) in [6.07, 6.45) is -3.97. The van der Waals surface area contributed by atoms with Crippen molar-refractivity contribution in [2.24, 2.45) is 11.7 Å². The van der Waals surface area contributed by atoms with Crippen LogP contribution in [0.2, 0.25) is 0 Å². The van der Waals surface area contributed by atoms with Crippen LogP contribution in [0.3, 0.4) is 0 Å². The number of benzene rings is 1. The average molecular weight is 367 g/mol. The number of hydrogen-bond acceptors (Lipinski definition) is 3. The fraction of sp³-hybridized carbons (Fsp3) is 0.571. The van der Waals surface area contributed by atoms with Crippen molar-refractivity contribution >= 4 is 21.6 Å². The van der Waals surface area contributed by atoms with Crippen LogP contribution < -0.4 is 15.4 Å². The van der Waals surface area contributed by atoms with Gasteiger partial charge in [0.25, 0.3) is 0 Å². The molecule has 0 spiro atoms. The van der Waals surface area contributed by atoms with Crippen molar-refractivity contribution in [3.05, 3.63) is 22.7 Å². The van der Waals surface area contributed by atoms with Crippen LogP contribution in [0.4, 0.5) is 18.9 Å².